The summed E-state index contributed by atoms with van der Waals surface area (Å²) in [6.07, 6.45) is -5.14. The summed E-state index contributed by atoms with van der Waals surface area (Å²) in [5.41, 5.74) is 0.0391. The smallest absolute Gasteiger partial charge is 0.337 e. The first-order valence-corrected chi connectivity index (χ1v) is 16.0. The zero-order chi connectivity index (χ0) is 35.0. The molecule has 2 N–H and O–H groups in total. The van der Waals surface area contributed by atoms with Crippen LogP contribution in [0.1, 0.15) is 79.3 Å². The fraction of sp³-hybridized carbons (Fsp3) is 0.583. The number of aliphatic hydroxyl groups excluding tert-OH is 1. The molecule has 2 bridgehead atoms. The van der Waals surface area contributed by atoms with Crippen LogP contribution in [0, 0.1) is 22.7 Å². The molecule has 0 amide bonds. The van der Waals surface area contributed by atoms with Crippen LogP contribution in [0.3, 0.4) is 0 Å². The van der Waals surface area contributed by atoms with Crippen molar-refractivity contribution in [1.82, 2.24) is 5.32 Å². The molecule has 9 atom stereocenters. The second-order valence-corrected chi connectivity index (χ2v) is 13.8. The van der Waals surface area contributed by atoms with Gasteiger partial charge in [-0.2, -0.15) is 0 Å². The predicted molar refractivity (Wildman–Crippen MR) is 170 cm³/mol. The summed E-state index contributed by atoms with van der Waals surface area (Å²) in [5, 5.41) is 14.1. The van der Waals surface area contributed by atoms with E-state index in [9.17, 15) is 29.1 Å². The van der Waals surface area contributed by atoms with Crippen molar-refractivity contribution < 1.29 is 48.0 Å². The number of allylic oxidation sites excluding steroid dienone is 1. The molecule has 47 heavy (non-hydrogen) atoms. The molecule has 0 heterocycles. The molecule has 0 unspecified atom stereocenters. The van der Waals surface area contributed by atoms with Gasteiger partial charge in [-0.15, -0.1) is 0 Å². The summed E-state index contributed by atoms with van der Waals surface area (Å²) in [4.78, 5) is 65.1. The van der Waals surface area contributed by atoms with E-state index in [1.54, 1.807) is 38.2 Å². The van der Waals surface area contributed by atoms with E-state index < -0.39 is 83.1 Å². The van der Waals surface area contributed by atoms with Crippen LogP contribution in [-0.2, 0) is 42.9 Å². The van der Waals surface area contributed by atoms with Gasteiger partial charge in [-0.1, -0.05) is 57.7 Å². The second kappa shape index (κ2) is 13.7. The molecule has 3 aliphatic rings. The van der Waals surface area contributed by atoms with E-state index in [1.807, 2.05) is 26.8 Å². The average molecular weight is 654 g/mol. The van der Waals surface area contributed by atoms with Crippen LogP contribution in [0.4, 0.5) is 0 Å². The fourth-order valence-corrected chi connectivity index (χ4v) is 8.25. The molecule has 0 aliphatic heterocycles. The Morgan fingerprint density at radius 2 is 1.55 bits per heavy atom. The van der Waals surface area contributed by atoms with Gasteiger partial charge in [0.25, 0.3) is 0 Å². The lowest BCUT2D eigenvalue weighted by atomic mass is 9.49. The summed E-state index contributed by atoms with van der Waals surface area (Å²) >= 11 is 0. The van der Waals surface area contributed by atoms with Crippen molar-refractivity contribution in [3.8, 4) is 0 Å². The highest BCUT2D eigenvalue weighted by Gasteiger charge is 2.64. The van der Waals surface area contributed by atoms with Crippen LogP contribution in [0.25, 0.3) is 0 Å². The minimum absolute atomic E-state index is 0.0370. The Morgan fingerprint density at radius 3 is 2.11 bits per heavy atom. The quantitative estimate of drug-likeness (QED) is 0.238. The van der Waals surface area contributed by atoms with Crippen LogP contribution in [-0.4, -0.2) is 72.3 Å². The number of ether oxygens (including phenoxy) is 4. The lowest BCUT2D eigenvalue weighted by Crippen LogP contribution is -2.64. The molecule has 3 aliphatic carbocycles. The summed E-state index contributed by atoms with van der Waals surface area (Å²) < 4.78 is 24.0. The third-order valence-corrected chi connectivity index (χ3v) is 10.4. The Balaban J connectivity index is 1.85. The molecule has 2 saturated carbocycles. The minimum Gasteiger partial charge on any atom is -0.462 e. The molecule has 1 aromatic carbocycles. The van der Waals surface area contributed by atoms with E-state index in [-0.39, 0.29) is 25.0 Å². The molecular formula is C36H47NO10. The molecule has 256 valence electrons. The van der Waals surface area contributed by atoms with Crippen molar-refractivity contribution >= 4 is 29.7 Å². The summed E-state index contributed by atoms with van der Waals surface area (Å²) in [6.45, 7) is 15.5. The van der Waals surface area contributed by atoms with Gasteiger partial charge < -0.3 is 29.4 Å². The van der Waals surface area contributed by atoms with E-state index in [0.29, 0.717) is 22.3 Å². The Bertz CT molecular complexity index is 1460. The number of likely N-dealkylation sites (N-methyl/N-ethyl adjacent to an activating group) is 1. The highest BCUT2D eigenvalue weighted by atomic mass is 16.6. The average Bonchev–Trinajstić information content (AvgIpc) is 2.98. The van der Waals surface area contributed by atoms with Gasteiger partial charge in [-0.25, -0.2) is 4.79 Å². The van der Waals surface area contributed by atoms with Gasteiger partial charge in [0.2, 0.25) is 0 Å². The number of Topliss-reactive ketones (excluding diaryl/α,β-unsaturated/α-hetero) is 1. The van der Waals surface area contributed by atoms with E-state index in [1.165, 1.54) is 20.8 Å². The third kappa shape index (κ3) is 6.78. The zero-order valence-corrected chi connectivity index (χ0v) is 28.5. The number of fused-ring (bicyclic) bond motifs is 3. The predicted octanol–water partition coefficient (Wildman–Crippen LogP) is 3.93. The SMILES string of the molecule is C=C1[C@@H](OC(=O)[C@H](O)[C@@H](NC)c2ccccc2)CC[C@@]2(C)[C@@H](OC(C)=O)[C@H](OC(C)=O)C3=C(C)C(=O)C[C@@H]([C@@H](OC(C)=O)[C@H]12)C3(C)C. The third-order valence-electron chi connectivity index (χ3n) is 10.4. The zero-order valence-electron chi connectivity index (χ0n) is 28.5. The van der Waals surface area contributed by atoms with E-state index >= 15 is 0 Å². The summed E-state index contributed by atoms with van der Waals surface area (Å²) in [6, 6.07) is 8.25. The number of benzene rings is 1. The first-order valence-electron chi connectivity index (χ1n) is 16.0. The Kier molecular flexibility index (Phi) is 10.5. The lowest BCUT2D eigenvalue weighted by molar-refractivity contribution is -0.203. The normalized spacial score (nSPS) is 31.3. The minimum atomic E-state index is -1.56. The van der Waals surface area contributed by atoms with Crippen molar-refractivity contribution in [2.75, 3.05) is 7.05 Å². The maximum atomic E-state index is 13.6. The Hall–Kier alpha value is -3.83. The molecule has 4 rings (SSSR count). The van der Waals surface area contributed by atoms with E-state index in [4.69, 9.17) is 18.9 Å². The van der Waals surface area contributed by atoms with Crippen molar-refractivity contribution in [3.63, 3.8) is 0 Å². The standard InChI is InChI=1S/C36H47NO10/c1-18-25(41)17-24-31(44-20(3)38)28-19(2)26(47-34(43)30(42)29(37-9)23-13-11-10-12-14-23)15-16-36(28,8)33(46-22(5)40)32(45-21(4)39)27(18)35(24,6)7/h10-14,24,26,28-33,37,42H,2,15-17H2,1,3-9H3/t24-,26-,28-,29-,30+,31+,32+,33-,36+/m0/s1. The van der Waals surface area contributed by atoms with Crippen LogP contribution in [0.5, 0.6) is 0 Å². The summed E-state index contributed by atoms with van der Waals surface area (Å²) in [5.74, 6) is -4.34. The number of ketones is 1. The molecule has 2 fully saturated rings. The topological polar surface area (TPSA) is 155 Å². The number of rotatable bonds is 8. The maximum Gasteiger partial charge on any atom is 0.337 e. The molecule has 0 saturated heterocycles. The van der Waals surface area contributed by atoms with Crippen LogP contribution < -0.4 is 5.32 Å². The van der Waals surface area contributed by atoms with Crippen molar-refractivity contribution in [1.29, 1.82) is 0 Å². The van der Waals surface area contributed by atoms with Crippen LogP contribution in [0.15, 0.2) is 53.6 Å². The van der Waals surface area contributed by atoms with Gasteiger partial charge in [0.1, 0.15) is 18.3 Å². The van der Waals surface area contributed by atoms with Crippen LogP contribution >= 0.6 is 0 Å². The highest BCUT2D eigenvalue weighted by Crippen LogP contribution is 2.60. The second-order valence-electron chi connectivity index (χ2n) is 13.8. The van der Waals surface area contributed by atoms with Gasteiger partial charge >= 0.3 is 23.9 Å². The monoisotopic (exact) mass is 653 g/mol. The van der Waals surface area contributed by atoms with Crippen LogP contribution in [0.2, 0.25) is 0 Å². The fourth-order valence-electron chi connectivity index (χ4n) is 8.25. The molecule has 0 spiro atoms. The number of carbonyl (C=O) groups excluding carboxylic acids is 5. The molecule has 0 radical (unpaired) electrons. The number of hydrogen-bond donors (Lipinski definition) is 2. The number of aliphatic hydroxyl groups is 1. The van der Waals surface area contributed by atoms with E-state index in [0.717, 1.165) is 0 Å². The number of nitrogens with one attached hydrogen (secondary N) is 1. The largest absolute Gasteiger partial charge is 0.462 e. The number of carbonyl (C=O) groups is 5. The highest BCUT2D eigenvalue weighted by molar-refractivity contribution is 5.97. The first kappa shape index (κ1) is 36.0. The summed E-state index contributed by atoms with van der Waals surface area (Å²) in [7, 11) is 1.63. The molecule has 1 aromatic rings. The molecule has 11 heteroatoms. The first-order chi connectivity index (χ1) is 21.9. The molecule has 11 nitrogen and oxygen atoms in total. The maximum absolute atomic E-state index is 13.6. The van der Waals surface area contributed by atoms with Crippen molar-refractivity contribution in [3.05, 3.63) is 59.2 Å². The number of hydrogen-bond acceptors (Lipinski definition) is 11. The molecule has 0 aromatic heterocycles. The Labute approximate surface area is 276 Å². The molecular weight excluding hydrogens is 606 g/mol. The Morgan fingerprint density at radius 1 is 0.957 bits per heavy atom. The van der Waals surface area contributed by atoms with Crippen molar-refractivity contribution in [2.45, 2.75) is 104 Å². The van der Waals surface area contributed by atoms with Gasteiger partial charge in [-0.3, -0.25) is 19.2 Å². The van der Waals surface area contributed by atoms with Gasteiger partial charge in [0.15, 0.2) is 18.0 Å². The van der Waals surface area contributed by atoms with Crippen molar-refractivity contribution in [2.24, 2.45) is 22.7 Å². The van der Waals surface area contributed by atoms with E-state index in [2.05, 4.69) is 11.9 Å². The van der Waals surface area contributed by atoms with Gasteiger partial charge in [0.05, 0.1) is 6.04 Å². The van der Waals surface area contributed by atoms with Gasteiger partial charge in [-0.05, 0) is 54.5 Å². The lowest BCUT2D eigenvalue weighted by Gasteiger charge is -2.59. The van der Waals surface area contributed by atoms with Gasteiger partial charge in [0, 0.05) is 44.4 Å². The number of esters is 4.